The molecular weight excluding hydrogens is 350 g/mol. The van der Waals surface area contributed by atoms with E-state index in [-0.39, 0.29) is 11.9 Å². The summed E-state index contributed by atoms with van der Waals surface area (Å²) >= 11 is 0. The van der Waals surface area contributed by atoms with Crippen LogP contribution in [0.4, 0.5) is 0 Å². The summed E-state index contributed by atoms with van der Waals surface area (Å²) in [7, 11) is 0. The minimum Gasteiger partial charge on any atom is -0.360 e. The van der Waals surface area contributed by atoms with Crippen molar-refractivity contribution in [1.82, 2.24) is 15.4 Å². The average molecular weight is 375 g/mol. The molecular formula is C23H25N3O2. The van der Waals surface area contributed by atoms with Gasteiger partial charge in [-0.2, -0.15) is 0 Å². The molecule has 0 aliphatic carbocycles. The van der Waals surface area contributed by atoms with E-state index >= 15 is 0 Å². The number of carbonyl (C=O) groups is 1. The van der Waals surface area contributed by atoms with Crippen LogP contribution in [0, 0.1) is 6.92 Å². The zero-order chi connectivity index (χ0) is 19.3. The lowest BCUT2D eigenvalue weighted by molar-refractivity contribution is 0.0937. The van der Waals surface area contributed by atoms with Crippen molar-refractivity contribution >= 4 is 5.91 Å². The molecule has 0 spiro atoms. The summed E-state index contributed by atoms with van der Waals surface area (Å²) in [6.45, 7) is 4.47. The predicted octanol–water partition coefficient (Wildman–Crippen LogP) is 4.22. The molecule has 144 valence electrons. The first kappa shape index (κ1) is 18.4. The normalized spacial score (nSPS) is 15.5. The van der Waals surface area contributed by atoms with Crippen LogP contribution in [0.2, 0.25) is 0 Å². The maximum atomic E-state index is 13.0. The zero-order valence-corrected chi connectivity index (χ0v) is 16.1. The Labute approximate surface area is 165 Å². The minimum atomic E-state index is -0.141. The first-order valence-corrected chi connectivity index (χ1v) is 9.83. The second-order valence-corrected chi connectivity index (χ2v) is 7.21. The highest BCUT2D eigenvalue weighted by atomic mass is 16.5. The molecule has 1 aromatic heterocycles. The van der Waals surface area contributed by atoms with E-state index in [1.165, 1.54) is 18.4 Å². The lowest BCUT2D eigenvalue weighted by Gasteiger charge is -2.28. The fraction of sp³-hybridized carbons (Fsp3) is 0.304. The van der Waals surface area contributed by atoms with Gasteiger partial charge in [0.2, 0.25) is 0 Å². The minimum absolute atomic E-state index is 0.141. The van der Waals surface area contributed by atoms with Gasteiger partial charge in [0.05, 0.1) is 6.04 Å². The lowest BCUT2D eigenvalue weighted by Crippen LogP contribution is -2.37. The van der Waals surface area contributed by atoms with Crippen LogP contribution >= 0.6 is 0 Å². The molecule has 5 nitrogen and oxygen atoms in total. The molecule has 1 amide bonds. The van der Waals surface area contributed by atoms with Crippen molar-refractivity contribution < 1.29 is 9.32 Å². The number of carbonyl (C=O) groups excluding carboxylic acids is 1. The van der Waals surface area contributed by atoms with Gasteiger partial charge in [-0.25, -0.2) is 0 Å². The third kappa shape index (κ3) is 3.85. The number of benzene rings is 2. The largest absolute Gasteiger partial charge is 0.360 e. The Bertz CT molecular complexity index is 916. The Hall–Kier alpha value is -2.92. The Morgan fingerprint density at radius 3 is 2.39 bits per heavy atom. The molecule has 2 heterocycles. The third-order valence-electron chi connectivity index (χ3n) is 5.36. The van der Waals surface area contributed by atoms with E-state index < -0.39 is 0 Å². The van der Waals surface area contributed by atoms with E-state index in [1.807, 2.05) is 36.4 Å². The molecule has 4 rings (SSSR count). The van der Waals surface area contributed by atoms with Gasteiger partial charge >= 0.3 is 0 Å². The highest BCUT2D eigenvalue weighted by Crippen LogP contribution is 2.27. The van der Waals surface area contributed by atoms with Gasteiger partial charge in [0.15, 0.2) is 0 Å². The van der Waals surface area contributed by atoms with Crippen LogP contribution in [0.1, 0.15) is 40.6 Å². The van der Waals surface area contributed by atoms with Gasteiger partial charge in [-0.15, -0.1) is 0 Å². The van der Waals surface area contributed by atoms with Gasteiger partial charge in [0, 0.05) is 12.1 Å². The number of nitrogens with zero attached hydrogens (tertiary/aromatic N) is 2. The van der Waals surface area contributed by atoms with Gasteiger partial charge in [0.25, 0.3) is 5.91 Å². The van der Waals surface area contributed by atoms with Crippen LogP contribution in [0.25, 0.3) is 11.3 Å². The average Bonchev–Trinajstić information content (AvgIpc) is 3.39. The van der Waals surface area contributed by atoms with Crippen LogP contribution in [0.5, 0.6) is 0 Å². The number of aryl methyl sites for hydroxylation is 1. The van der Waals surface area contributed by atoms with Crippen LogP contribution in [-0.4, -0.2) is 35.6 Å². The Balaban J connectivity index is 1.54. The second kappa shape index (κ2) is 8.40. The van der Waals surface area contributed by atoms with Crippen LogP contribution < -0.4 is 5.32 Å². The first-order valence-electron chi connectivity index (χ1n) is 9.83. The number of rotatable bonds is 6. The number of likely N-dealkylation sites (tertiary alicyclic amines) is 1. The van der Waals surface area contributed by atoms with Gasteiger partial charge < -0.3 is 9.84 Å². The molecule has 0 radical (unpaired) electrons. The van der Waals surface area contributed by atoms with Crippen molar-refractivity contribution in [3.05, 3.63) is 77.6 Å². The molecule has 28 heavy (non-hydrogen) atoms. The molecule has 1 atom stereocenters. The molecule has 5 heteroatoms. The van der Waals surface area contributed by atoms with Crippen molar-refractivity contribution in [2.24, 2.45) is 0 Å². The third-order valence-corrected chi connectivity index (χ3v) is 5.36. The monoisotopic (exact) mass is 375 g/mol. The van der Waals surface area contributed by atoms with Crippen molar-refractivity contribution in [3.8, 4) is 11.3 Å². The second-order valence-electron chi connectivity index (χ2n) is 7.21. The number of hydrogen-bond donors (Lipinski definition) is 1. The zero-order valence-electron chi connectivity index (χ0n) is 16.1. The van der Waals surface area contributed by atoms with Crippen molar-refractivity contribution in [1.29, 1.82) is 0 Å². The molecule has 1 fully saturated rings. The molecule has 2 aromatic carbocycles. The summed E-state index contributed by atoms with van der Waals surface area (Å²) in [5, 5.41) is 7.25. The van der Waals surface area contributed by atoms with E-state index in [1.54, 1.807) is 6.92 Å². The summed E-state index contributed by atoms with van der Waals surface area (Å²) in [4.78, 5) is 15.5. The quantitative estimate of drug-likeness (QED) is 0.701. The van der Waals surface area contributed by atoms with Gasteiger partial charge in [-0.3, -0.25) is 9.69 Å². The summed E-state index contributed by atoms with van der Waals surface area (Å²) in [5.74, 6) is 0.395. The standard InChI is InChI=1S/C23H25N3O2/c1-17-21(22(25-28-17)19-12-6-3-7-13-19)23(27)24-16-20(26-14-8-9-15-26)18-10-4-2-5-11-18/h2-7,10-13,20H,8-9,14-16H2,1H3,(H,24,27)/t20-/m0/s1. The molecule has 0 bridgehead atoms. The van der Waals surface area contributed by atoms with Gasteiger partial charge in [-0.05, 0) is 38.4 Å². The van der Waals surface area contributed by atoms with Crippen LogP contribution in [-0.2, 0) is 0 Å². The Kier molecular flexibility index (Phi) is 5.53. The van der Waals surface area contributed by atoms with Crippen molar-refractivity contribution in [2.45, 2.75) is 25.8 Å². The van der Waals surface area contributed by atoms with E-state index in [0.717, 1.165) is 18.7 Å². The fourth-order valence-corrected chi connectivity index (χ4v) is 3.90. The molecule has 1 saturated heterocycles. The molecule has 0 saturated carbocycles. The SMILES string of the molecule is Cc1onc(-c2ccccc2)c1C(=O)NC[C@@H](c1ccccc1)N1CCCC1. The number of hydrogen-bond acceptors (Lipinski definition) is 4. The maximum Gasteiger partial charge on any atom is 0.257 e. The molecule has 1 aliphatic heterocycles. The lowest BCUT2D eigenvalue weighted by atomic mass is 10.0. The number of aromatic nitrogens is 1. The summed E-state index contributed by atoms with van der Waals surface area (Å²) in [6.07, 6.45) is 2.42. The first-order chi connectivity index (χ1) is 13.7. The number of amides is 1. The Morgan fingerprint density at radius 2 is 1.71 bits per heavy atom. The van der Waals surface area contributed by atoms with Gasteiger partial charge in [-0.1, -0.05) is 65.8 Å². The van der Waals surface area contributed by atoms with Crippen molar-refractivity contribution in [2.75, 3.05) is 19.6 Å². The summed E-state index contributed by atoms with van der Waals surface area (Å²) < 4.78 is 5.34. The molecule has 1 aliphatic rings. The Morgan fingerprint density at radius 1 is 1.07 bits per heavy atom. The molecule has 3 aromatic rings. The predicted molar refractivity (Wildman–Crippen MR) is 109 cm³/mol. The van der Waals surface area contributed by atoms with E-state index in [2.05, 4.69) is 39.6 Å². The fourth-order valence-electron chi connectivity index (χ4n) is 3.90. The highest BCUT2D eigenvalue weighted by Gasteiger charge is 2.26. The van der Waals surface area contributed by atoms with E-state index in [9.17, 15) is 4.79 Å². The van der Waals surface area contributed by atoms with E-state index in [0.29, 0.717) is 23.6 Å². The van der Waals surface area contributed by atoms with E-state index in [4.69, 9.17) is 4.52 Å². The topological polar surface area (TPSA) is 58.4 Å². The number of nitrogens with one attached hydrogen (secondary N) is 1. The summed E-state index contributed by atoms with van der Waals surface area (Å²) in [5.41, 5.74) is 3.21. The van der Waals surface area contributed by atoms with Crippen LogP contribution in [0.3, 0.4) is 0 Å². The molecule has 0 unspecified atom stereocenters. The smallest absolute Gasteiger partial charge is 0.257 e. The maximum absolute atomic E-state index is 13.0. The van der Waals surface area contributed by atoms with Crippen LogP contribution in [0.15, 0.2) is 65.2 Å². The van der Waals surface area contributed by atoms with Gasteiger partial charge in [0.1, 0.15) is 17.0 Å². The summed E-state index contributed by atoms with van der Waals surface area (Å²) in [6, 6.07) is 20.2. The highest BCUT2D eigenvalue weighted by molar-refractivity contribution is 6.00. The molecule has 1 N–H and O–H groups in total. The van der Waals surface area contributed by atoms with Crippen molar-refractivity contribution in [3.63, 3.8) is 0 Å².